The number of Topliss-reactive ketones (excluding diaryl/α,β-unsaturated/α-hetero) is 1. The Morgan fingerprint density at radius 3 is 2.07 bits per heavy atom. The zero-order valence-electron chi connectivity index (χ0n) is 26.9. The van der Waals surface area contributed by atoms with Crippen molar-refractivity contribution in [2.75, 3.05) is 0 Å². The molecule has 0 radical (unpaired) electrons. The van der Waals surface area contributed by atoms with Gasteiger partial charge in [0.05, 0.1) is 0 Å². The van der Waals surface area contributed by atoms with Crippen molar-refractivity contribution >= 4 is 35.7 Å². The third-order valence-electron chi connectivity index (χ3n) is 9.81. The Morgan fingerprint density at radius 2 is 1.49 bits per heavy atom. The van der Waals surface area contributed by atoms with Gasteiger partial charge in [0.15, 0.2) is 11.9 Å². The second-order valence-electron chi connectivity index (χ2n) is 13.0. The molecular weight excluding hydrogens is 580 g/mol. The molecule has 0 saturated heterocycles. The lowest BCUT2D eigenvalue weighted by molar-refractivity contribution is -0.235. The van der Waals surface area contributed by atoms with Crippen molar-refractivity contribution in [1.82, 2.24) is 0 Å². The minimum Gasteiger partial charge on any atom is -0.459 e. The molecule has 0 unspecified atom stereocenters. The number of benzene rings is 1. The second-order valence-corrected chi connectivity index (χ2v) is 13.0. The number of hydrogen-bond donors (Lipinski definition) is 1. The average molecular weight is 623 g/mol. The van der Waals surface area contributed by atoms with E-state index in [9.17, 15) is 29.1 Å². The maximum atomic E-state index is 13.6. The van der Waals surface area contributed by atoms with E-state index < -0.39 is 82.8 Å². The predicted molar refractivity (Wildman–Crippen MR) is 163 cm³/mol. The van der Waals surface area contributed by atoms with E-state index in [-0.39, 0.29) is 24.0 Å². The first-order valence-corrected chi connectivity index (χ1v) is 15.0. The van der Waals surface area contributed by atoms with E-state index in [0.29, 0.717) is 5.57 Å². The zero-order valence-corrected chi connectivity index (χ0v) is 26.9. The second kappa shape index (κ2) is 12.4. The van der Waals surface area contributed by atoms with Crippen LogP contribution in [0.3, 0.4) is 0 Å². The molecule has 4 rings (SSSR count). The van der Waals surface area contributed by atoms with Crippen LogP contribution in [0.25, 0.3) is 6.08 Å². The Hall–Kier alpha value is -4.05. The molecule has 10 heteroatoms. The molecular formula is C35H42O10. The van der Waals surface area contributed by atoms with Gasteiger partial charge in [0.25, 0.3) is 0 Å². The van der Waals surface area contributed by atoms with Crippen LogP contribution < -0.4 is 0 Å². The molecule has 2 fully saturated rings. The Bertz CT molecular complexity index is 1470. The first-order valence-electron chi connectivity index (χ1n) is 15.0. The molecule has 3 aliphatic rings. The Balaban J connectivity index is 1.91. The maximum Gasteiger partial charge on any atom is 0.331 e. The number of fused-ring (bicyclic) bond motifs is 3. The van der Waals surface area contributed by atoms with E-state index in [0.717, 1.165) is 5.56 Å². The molecule has 0 heterocycles. The first kappa shape index (κ1) is 33.8. The lowest BCUT2D eigenvalue weighted by atomic mass is 9.47. The fraction of sp³-hybridized carbons (Fsp3) is 0.514. The highest BCUT2D eigenvalue weighted by atomic mass is 16.6. The molecule has 1 aromatic carbocycles. The average Bonchev–Trinajstić information content (AvgIpc) is 2.94. The van der Waals surface area contributed by atoms with Gasteiger partial charge in [-0.2, -0.15) is 0 Å². The van der Waals surface area contributed by atoms with Gasteiger partial charge in [0.1, 0.15) is 23.9 Å². The Kier molecular flexibility index (Phi) is 9.31. The molecule has 2 bridgehead atoms. The molecule has 10 nitrogen and oxygen atoms in total. The summed E-state index contributed by atoms with van der Waals surface area (Å²) >= 11 is 0. The molecule has 1 aromatic rings. The smallest absolute Gasteiger partial charge is 0.331 e. The molecule has 2 saturated carbocycles. The minimum atomic E-state index is -2.02. The van der Waals surface area contributed by atoms with Crippen LogP contribution in [0.1, 0.15) is 73.3 Å². The standard InChI is InChI=1S/C35H42O10/c1-19-25(39)18-35(41)31(43-22(4)37)29-20(2)26(45-27(40)15-14-24-12-10-9-11-13-24)16-17-34(29,8)32(44-23(5)38)30(42-21(3)36)28(19)33(35,6)7/h9-15,26,29-32,41H,2,16-18H2,1,3-8H3/b15-14-/t26-,29-,30+,31-,32-,34+,35+/m0/s1. The normalized spacial score (nSPS) is 32.6. The maximum absolute atomic E-state index is 13.6. The quantitative estimate of drug-likeness (QED) is 0.209. The van der Waals surface area contributed by atoms with Crippen LogP contribution in [0.4, 0.5) is 0 Å². The Morgan fingerprint density at radius 1 is 0.911 bits per heavy atom. The van der Waals surface area contributed by atoms with Crippen LogP contribution in [0.5, 0.6) is 0 Å². The predicted octanol–water partition coefficient (Wildman–Crippen LogP) is 4.44. The highest BCUT2D eigenvalue weighted by Crippen LogP contribution is 2.62. The summed E-state index contributed by atoms with van der Waals surface area (Å²) in [5, 5.41) is 12.7. The van der Waals surface area contributed by atoms with Crippen molar-refractivity contribution in [2.45, 2.75) is 97.7 Å². The summed E-state index contributed by atoms with van der Waals surface area (Å²) in [6, 6.07) is 9.20. The topological polar surface area (TPSA) is 142 Å². The molecule has 0 spiro atoms. The largest absolute Gasteiger partial charge is 0.459 e. The van der Waals surface area contributed by atoms with E-state index in [4.69, 9.17) is 18.9 Å². The van der Waals surface area contributed by atoms with Gasteiger partial charge in [-0.25, -0.2) is 4.79 Å². The van der Waals surface area contributed by atoms with Crippen LogP contribution in [-0.2, 0) is 42.9 Å². The summed E-state index contributed by atoms with van der Waals surface area (Å²) < 4.78 is 23.7. The number of carbonyl (C=O) groups excluding carboxylic acids is 5. The summed E-state index contributed by atoms with van der Waals surface area (Å²) in [5.41, 5.74) is -2.88. The van der Waals surface area contributed by atoms with Crippen LogP contribution in [-0.4, -0.2) is 64.8 Å². The molecule has 242 valence electrons. The number of esters is 4. The number of ether oxygens (including phenoxy) is 4. The van der Waals surface area contributed by atoms with Gasteiger partial charge in [-0.15, -0.1) is 0 Å². The summed E-state index contributed by atoms with van der Waals surface area (Å²) in [7, 11) is 0. The SMILES string of the molecule is C=C1[C@@H](OC(=O)/C=C\c2ccccc2)CC[C@@]2(C)[C@@H](OC(C)=O)[C@H](OC(C)=O)C3=C(C)C(=O)C[C@@](O)([C@@H](OC(C)=O)[C@H]12)C3(C)C. The minimum absolute atomic E-state index is 0.224. The van der Waals surface area contributed by atoms with Crippen molar-refractivity contribution in [1.29, 1.82) is 0 Å². The summed E-state index contributed by atoms with van der Waals surface area (Å²) in [6.07, 6.45) is -1.72. The van der Waals surface area contributed by atoms with Gasteiger partial charge in [-0.1, -0.05) is 57.7 Å². The monoisotopic (exact) mass is 622 g/mol. The van der Waals surface area contributed by atoms with Gasteiger partial charge in [0, 0.05) is 50.0 Å². The van der Waals surface area contributed by atoms with Crippen molar-refractivity contribution in [2.24, 2.45) is 16.7 Å². The lowest BCUT2D eigenvalue weighted by Crippen LogP contribution is -2.70. The van der Waals surface area contributed by atoms with E-state index in [2.05, 4.69) is 6.58 Å². The number of allylic oxidation sites excluding steroid dienone is 1. The van der Waals surface area contributed by atoms with Gasteiger partial charge in [-0.3, -0.25) is 19.2 Å². The third-order valence-corrected chi connectivity index (χ3v) is 9.81. The highest BCUT2D eigenvalue weighted by molar-refractivity contribution is 5.98. The van der Waals surface area contributed by atoms with Crippen LogP contribution in [0.15, 0.2) is 59.7 Å². The molecule has 3 aliphatic carbocycles. The molecule has 7 atom stereocenters. The van der Waals surface area contributed by atoms with E-state index in [1.165, 1.54) is 26.8 Å². The number of ketones is 1. The van der Waals surface area contributed by atoms with Crippen LogP contribution >= 0.6 is 0 Å². The van der Waals surface area contributed by atoms with Crippen molar-refractivity contribution in [3.63, 3.8) is 0 Å². The van der Waals surface area contributed by atoms with Crippen molar-refractivity contribution in [3.8, 4) is 0 Å². The van der Waals surface area contributed by atoms with E-state index >= 15 is 0 Å². The molecule has 0 aliphatic heterocycles. The van der Waals surface area contributed by atoms with Crippen LogP contribution in [0, 0.1) is 16.7 Å². The number of carbonyl (C=O) groups is 5. The Labute approximate surface area is 263 Å². The number of rotatable bonds is 6. The molecule has 45 heavy (non-hydrogen) atoms. The van der Waals surface area contributed by atoms with Crippen molar-refractivity contribution < 1.29 is 48.0 Å². The van der Waals surface area contributed by atoms with Crippen LogP contribution in [0.2, 0.25) is 0 Å². The highest BCUT2D eigenvalue weighted by Gasteiger charge is 2.69. The number of aliphatic hydroxyl groups is 1. The molecule has 0 amide bonds. The fourth-order valence-electron chi connectivity index (χ4n) is 7.58. The molecule has 0 aromatic heterocycles. The number of hydrogen-bond acceptors (Lipinski definition) is 10. The van der Waals surface area contributed by atoms with Gasteiger partial charge < -0.3 is 24.1 Å². The van der Waals surface area contributed by atoms with Gasteiger partial charge in [0.2, 0.25) is 0 Å². The van der Waals surface area contributed by atoms with E-state index in [1.807, 2.05) is 30.3 Å². The fourth-order valence-corrected chi connectivity index (χ4v) is 7.58. The third kappa shape index (κ3) is 6.12. The van der Waals surface area contributed by atoms with Gasteiger partial charge >= 0.3 is 23.9 Å². The van der Waals surface area contributed by atoms with Gasteiger partial charge in [-0.05, 0) is 48.1 Å². The summed E-state index contributed by atoms with van der Waals surface area (Å²) in [5.74, 6) is -4.15. The van der Waals surface area contributed by atoms with E-state index in [1.54, 1.807) is 33.8 Å². The van der Waals surface area contributed by atoms with Crippen molar-refractivity contribution in [3.05, 3.63) is 65.3 Å². The zero-order chi connectivity index (χ0) is 33.5. The summed E-state index contributed by atoms with van der Waals surface area (Å²) in [6.45, 7) is 14.6. The molecule has 1 N–H and O–H groups in total. The first-order chi connectivity index (χ1) is 20.9. The summed E-state index contributed by atoms with van der Waals surface area (Å²) in [4.78, 5) is 64.5. The lowest BCUT2D eigenvalue weighted by Gasteiger charge is -2.62.